The highest BCUT2D eigenvalue weighted by Gasteiger charge is 2.03. The van der Waals surface area contributed by atoms with E-state index in [2.05, 4.69) is 59.3 Å². The largest absolute Gasteiger partial charge is 0.303 e. The molecule has 2 nitrogen and oxygen atoms in total. The summed E-state index contributed by atoms with van der Waals surface area (Å²) in [6, 6.07) is 16.8. The van der Waals surface area contributed by atoms with Gasteiger partial charge in [-0.25, -0.2) is 0 Å². The Balaban J connectivity index is 1.77. The average Bonchev–Trinajstić information content (AvgIpc) is 2.49. The third kappa shape index (κ3) is 4.84. The highest BCUT2D eigenvalue weighted by Crippen LogP contribution is 2.03. The van der Waals surface area contributed by atoms with Gasteiger partial charge in [0.1, 0.15) is 0 Å². The minimum Gasteiger partial charge on any atom is -0.303 e. The van der Waals surface area contributed by atoms with Gasteiger partial charge >= 0.3 is 0 Å². The fourth-order valence-electron chi connectivity index (χ4n) is 2.18. The van der Waals surface area contributed by atoms with E-state index in [1.807, 2.05) is 12.3 Å². The molecule has 0 bridgehead atoms. The van der Waals surface area contributed by atoms with Gasteiger partial charge in [-0.15, -0.1) is 0 Å². The zero-order chi connectivity index (χ0) is 13.3. The Morgan fingerprint density at radius 3 is 2.32 bits per heavy atom. The van der Waals surface area contributed by atoms with Gasteiger partial charge in [-0.3, -0.25) is 4.98 Å². The minimum atomic E-state index is 1.03. The molecule has 0 radical (unpaired) electrons. The number of hydrogen-bond donors (Lipinski definition) is 0. The smallest absolute Gasteiger partial charge is 0.0416 e. The molecular weight excluding hydrogens is 232 g/mol. The molecule has 0 atom stereocenters. The number of aromatic nitrogens is 1. The number of hydrogen-bond acceptors (Lipinski definition) is 2. The lowest BCUT2D eigenvalue weighted by atomic mass is 10.1. The summed E-state index contributed by atoms with van der Waals surface area (Å²) in [5.74, 6) is 0. The molecule has 0 saturated heterocycles. The molecule has 0 amide bonds. The third-order valence-electron chi connectivity index (χ3n) is 3.42. The van der Waals surface area contributed by atoms with Gasteiger partial charge in [-0.2, -0.15) is 0 Å². The van der Waals surface area contributed by atoms with Crippen LogP contribution in [0.4, 0.5) is 0 Å². The van der Waals surface area contributed by atoms with E-state index in [4.69, 9.17) is 0 Å². The maximum atomic E-state index is 4.38. The Morgan fingerprint density at radius 2 is 1.63 bits per heavy atom. The van der Waals surface area contributed by atoms with Crippen molar-refractivity contribution in [3.05, 3.63) is 66.0 Å². The Labute approximate surface area is 116 Å². The lowest BCUT2D eigenvalue weighted by Crippen LogP contribution is -2.28. The van der Waals surface area contributed by atoms with E-state index in [1.54, 1.807) is 0 Å². The van der Waals surface area contributed by atoms with Crippen LogP contribution in [0, 0.1) is 0 Å². The summed E-state index contributed by atoms with van der Waals surface area (Å²) in [5, 5.41) is 0. The van der Waals surface area contributed by atoms with Crippen molar-refractivity contribution in [3.63, 3.8) is 0 Å². The molecule has 1 aromatic heterocycles. The van der Waals surface area contributed by atoms with Crippen LogP contribution in [-0.2, 0) is 12.8 Å². The summed E-state index contributed by atoms with van der Waals surface area (Å²) >= 11 is 0. The van der Waals surface area contributed by atoms with Crippen molar-refractivity contribution in [2.24, 2.45) is 0 Å². The molecule has 100 valence electrons. The van der Waals surface area contributed by atoms with Crippen LogP contribution in [0.3, 0.4) is 0 Å². The fourth-order valence-corrected chi connectivity index (χ4v) is 2.18. The number of pyridine rings is 1. The third-order valence-corrected chi connectivity index (χ3v) is 3.42. The van der Waals surface area contributed by atoms with Crippen LogP contribution >= 0.6 is 0 Å². The van der Waals surface area contributed by atoms with Crippen LogP contribution in [0.15, 0.2) is 54.7 Å². The Hall–Kier alpha value is -1.67. The summed E-state index contributed by atoms with van der Waals surface area (Å²) in [6.45, 7) is 5.52. The summed E-state index contributed by atoms with van der Waals surface area (Å²) in [7, 11) is 0. The van der Waals surface area contributed by atoms with E-state index < -0.39 is 0 Å². The molecule has 0 saturated carbocycles. The van der Waals surface area contributed by atoms with Crippen LogP contribution in [0.5, 0.6) is 0 Å². The monoisotopic (exact) mass is 254 g/mol. The van der Waals surface area contributed by atoms with E-state index in [-0.39, 0.29) is 0 Å². The molecule has 1 heterocycles. The van der Waals surface area contributed by atoms with E-state index >= 15 is 0 Å². The Bertz CT molecular complexity index is 410. The molecule has 19 heavy (non-hydrogen) atoms. The van der Waals surface area contributed by atoms with E-state index in [0.717, 1.165) is 32.5 Å². The molecule has 0 N–H and O–H groups in total. The quantitative estimate of drug-likeness (QED) is 0.754. The lowest BCUT2D eigenvalue weighted by Gasteiger charge is -2.20. The number of rotatable bonds is 7. The minimum absolute atomic E-state index is 1.03. The van der Waals surface area contributed by atoms with Gasteiger partial charge in [0.25, 0.3) is 0 Å². The van der Waals surface area contributed by atoms with Gasteiger partial charge in [0, 0.05) is 31.4 Å². The predicted octanol–water partition coefficient (Wildman–Crippen LogP) is 3.19. The molecule has 0 aliphatic carbocycles. The molecule has 0 spiro atoms. The van der Waals surface area contributed by atoms with Crippen LogP contribution in [0.1, 0.15) is 18.2 Å². The van der Waals surface area contributed by atoms with Crippen LogP contribution in [-0.4, -0.2) is 29.5 Å². The van der Waals surface area contributed by atoms with Crippen LogP contribution in [0.2, 0.25) is 0 Å². The van der Waals surface area contributed by atoms with Crippen molar-refractivity contribution < 1.29 is 0 Å². The maximum absolute atomic E-state index is 4.38. The highest BCUT2D eigenvalue weighted by molar-refractivity contribution is 5.14. The summed E-state index contributed by atoms with van der Waals surface area (Å²) in [6.07, 6.45) is 4.02. The van der Waals surface area contributed by atoms with Gasteiger partial charge in [0.05, 0.1) is 0 Å². The van der Waals surface area contributed by atoms with Crippen molar-refractivity contribution in [1.82, 2.24) is 9.88 Å². The first-order valence-corrected chi connectivity index (χ1v) is 7.04. The Morgan fingerprint density at radius 1 is 0.895 bits per heavy atom. The number of nitrogens with zero attached hydrogens (tertiary/aromatic N) is 2. The maximum Gasteiger partial charge on any atom is 0.0416 e. The van der Waals surface area contributed by atoms with Crippen molar-refractivity contribution in [2.45, 2.75) is 19.8 Å². The van der Waals surface area contributed by atoms with Gasteiger partial charge in [0.2, 0.25) is 0 Å². The first-order chi connectivity index (χ1) is 9.38. The van der Waals surface area contributed by atoms with E-state index in [0.29, 0.717) is 0 Å². The van der Waals surface area contributed by atoms with E-state index in [1.165, 1.54) is 11.3 Å². The molecule has 0 unspecified atom stereocenters. The fraction of sp³-hybridized carbons (Fsp3) is 0.353. The second-order valence-corrected chi connectivity index (χ2v) is 4.74. The zero-order valence-corrected chi connectivity index (χ0v) is 11.6. The van der Waals surface area contributed by atoms with Gasteiger partial charge < -0.3 is 4.90 Å². The molecule has 2 aromatic rings. The molecule has 2 rings (SSSR count). The van der Waals surface area contributed by atoms with Gasteiger partial charge in [-0.05, 0) is 30.7 Å². The van der Waals surface area contributed by atoms with Crippen LogP contribution < -0.4 is 0 Å². The second-order valence-electron chi connectivity index (χ2n) is 4.74. The molecule has 1 aromatic carbocycles. The summed E-state index contributed by atoms with van der Waals surface area (Å²) in [4.78, 5) is 6.86. The lowest BCUT2D eigenvalue weighted by molar-refractivity contribution is 0.294. The standard InChI is InChI=1S/C17H22N2/c1-2-19(14-11-16-8-4-3-5-9-16)15-12-17-10-6-7-13-18-17/h3-10,13H,2,11-12,14-15H2,1H3. The van der Waals surface area contributed by atoms with Crippen LogP contribution in [0.25, 0.3) is 0 Å². The topological polar surface area (TPSA) is 16.1 Å². The number of benzene rings is 1. The first kappa shape index (κ1) is 13.8. The normalized spacial score (nSPS) is 10.8. The average molecular weight is 254 g/mol. The van der Waals surface area contributed by atoms with Gasteiger partial charge in [0.15, 0.2) is 0 Å². The molecular formula is C17H22N2. The van der Waals surface area contributed by atoms with Crippen molar-refractivity contribution in [3.8, 4) is 0 Å². The molecule has 0 aliphatic rings. The molecule has 0 fully saturated rings. The number of likely N-dealkylation sites (N-methyl/N-ethyl adjacent to an activating group) is 1. The Kier molecular flexibility index (Phi) is 5.57. The first-order valence-electron chi connectivity index (χ1n) is 7.04. The molecule has 0 aliphatic heterocycles. The second kappa shape index (κ2) is 7.70. The van der Waals surface area contributed by atoms with Crippen molar-refractivity contribution in [2.75, 3.05) is 19.6 Å². The highest BCUT2D eigenvalue weighted by atomic mass is 15.1. The SMILES string of the molecule is CCN(CCc1ccccc1)CCc1ccccn1. The van der Waals surface area contributed by atoms with Crippen molar-refractivity contribution >= 4 is 0 Å². The van der Waals surface area contributed by atoms with Crippen molar-refractivity contribution in [1.29, 1.82) is 0 Å². The zero-order valence-electron chi connectivity index (χ0n) is 11.6. The van der Waals surface area contributed by atoms with Gasteiger partial charge in [-0.1, -0.05) is 43.3 Å². The summed E-state index contributed by atoms with van der Waals surface area (Å²) in [5.41, 5.74) is 2.60. The predicted molar refractivity (Wildman–Crippen MR) is 80.2 cm³/mol. The van der Waals surface area contributed by atoms with E-state index in [9.17, 15) is 0 Å². The molecule has 2 heteroatoms. The summed E-state index contributed by atoms with van der Waals surface area (Å²) < 4.78 is 0.